The molecule has 7 nitrogen and oxygen atoms in total. The van der Waals surface area contributed by atoms with Crippen molar-refractivity contribution in [3.63, 3.8) is 0 Å². The molecule has 0 bridgehead atoms. The number of rotatable bonds is 5. The molecule has 1 saturated heterocycles. The number of amides is 2. The first kappa shape index (κ1) is 18.6. The number of hydrogen-bond donors (Lipinski definition) is 1. The van der Waals surface area contributed by atoms with Crippen LogP contribution in [0.5, 0.6) is 5.88 Å². The average molecular weight is 395 g/mol. The normalized spacial score (nSPS) is 16.8. The number of thiazole rings is 1. The van der Waals surface area contributed by atoms with Crippen LogP contribution >= 0.6 is 22.9 Å². The number of carbonyl (C=O) groups is 2. The van der Waals surface area contributed by atoms with Crippen LogP contribution in [0.2, 0.25) is 5.02 Å². The Hall–Kier alpha value is -2.19. The molecule has 0 radical (unpaired) electrons. The van der Waals surface area contributed by atoms with E-state index < -0.39 is 6.04 Å². The fourth-order valence-corrected chi connectivity index (χ4v) is 3.52. The molecule has 1 fully saturated rings. The molecule has 0 aliphatic carbocycles. The highest BCUT2D eigenvalue weighted by Crippen LogP contribution is 2.26. The second-order valence-corrected chi connectivity index (χ2v) is 7.46. The van der Waals surface area contributed by atoms with E-state index in [1.54, 1.807) is 16.5 Å². The van der Waals surface area contributed by atoms with Crippen LogP contribution in [0.1, 0.15) is 37.0 Å². The van der Waals surface area contributed by atoms with Crippen molar-refractivity contribution in [2.75, 3.05) is 11.9 Å². The second-order valence-electron chi connectivity index (χ2n) is 6.16. The molecule has 3 heterocycles. The van der Waals surface area contributed by atoms with Gasteiger partial charge in [-0.05, 0) is 32.8 Å². The maximum Gasteiger partial charge on any atom is 0.256 e. The Morgan fingerprint density at radius 1 is 1.42 bits per heavy atom. The van der Waals surface area contributed by atoms with E-state index in [4.69, 9.17) is 16.3 Å². The predicted octanol–water partition coefficient (Wildman–Crippen LogP) is 3.22. The lowest BCUT2D eigenvalue weighted by Crippen LogP contribution is -2.43. The van der Waals surface area contributed by atoms with Crippen LogP contribution in [-0.4, -0.2) is 45.4 Å². The molecular formula is C17H19ClN4O3S. The van der Waals surface area contributed by atoms with Gasteiger partial charge in [0.25, 0.3) is 5.91 Å². The van der Waals surface area contributed by atoms with Crippen molar-refractivity contribution >= 4 is 39.9 Å². The van der Waals surface area contributed by atoms with E-state index in [-0.39, 0.29) is 28.8 Å². The van der Waals surface area contributed by atoms with Gasteiger partial charge in [-0.1, -0.05) is 11.6 Å². The van der Waals surface area contributed by atoms with E-state index in [1.807, 2.05) is 13.8 Å². The van der Waals surface area contributed by atoms with Gasteiger partial charge in [0.1, 0.15) is 11.1 Å². The fraction of sp³-hybridized carbons (Fsp3) is 0.412. The Morgan fingerprint density at radius 3 is 2.88 bits per heavy atom. The summed E-state index contributed by atoms with van der Waals surface area (Å²) in [6.07, 6.45) is 4.35. The second kappa shape index (κ2) is 8.01. The lowest BCUT2D eigenvalue weighted by atomic mass is 10.2. The van der Waals surface area contributed by atoms with Crippen LogP contribution < -0.4 is 10.1 Å². The zero-order chi connectivity index (χ0) is 18.7. The summed E-state index contributed by atoms with van der Waals surface area (Å²) >= 11 is 7.51. The molecular weight excluding hydrogens is 376 g/mol. The van der Waals surface area contributed by atoms with E-state index in [0.717, 1.165) is 6.42 Å². The van der Waals surface area contributed by atoms with E-state index in [2.05, 4.69) is 15.3 Å². The number of hydrogen-bond acceptors (Lipinski definition) is 6. The highest BCUT2D eigenvalue weighted by Gasteiger charge is 2.35. The van der Waals surface area contributed by atoms with Gasteiger partial charge < -0.3 is 15.0 Å². The molecule has 0 spiro atoms. The van der Waals surface area contributed by atoms with Crippen molar-refractivity contribution in [1.29, 1.82) is 0 Å². The Morgan fingerprint density at radius 2 is 2.23 bits per heavy atom. The van der Waals surface area contributed by atoms with Gasteiger partial charge in [-0.25, -0.2) is 9.97 Å². The molecule has 1 atom stereocenters. The SMILES string of the molecule is CC(C)Oc1ncc(C(=O)N2CCCC2C(=O)Nc2nccs2)cc1Cl. The highest BCUT2D eigenvalue weighted by molar-refractivity contribution is 7.13. The first-order valence-electron chi connectivity index (χ1n) is 8.29. The van der Waals surface area contributed by atoms with Crippen LogP contribution in [0.25, 0.3) is 0 Å². The van der Waals surface area contributed by atoms with Crippen molar-refractivity contribution in [3.8, 4) is 5.88 Å². The van der Waals surface area contributed by atoms with Gasteiger partial charge in [0.05, 0.1) is 11.7 Å². The quantitative estimate of drug-likeness (QED) is 0.841. The number of nitrogens with one attached hydrogen (secondary N) is 1. The Kier molecular flexibility index (Phi) is 5.73. The molecule has 1 aliphatic rings. The minimum Gasteiger partial charge on any atom is -0.474 e. The summed E-state index contributed by atoms with van der Waals surface area (Å²) in [7, 11) is 0. The molecule has 9 heteroatoms. The average Bonchev–Trinajstić information content (AvgIpc) is 3.27. The zero-order valence-corrected chi connectivity index (χ0v) is 16.0. The lowest BCUT2D eigenvalue weighted by Gasteiger charge is -2.23. The summed E-state index contributed by atoms with van der Waals surface area (Å²) in [5.74, 6) is -0.213. The van der Waals surface area contributed by atoms with Crippen molar-refractivity contribution in [2.24, 2.45) is 0 Å². The first-order valence-corrected chi connectivity index (χ1v) is 9.55. The van der Waals surface area contributed by atoms with Gasteiger partial charge in [0.15, 0.2) is 5.13 Å². The van der Waals surface area contributed by atoms with Crippen LogP contribution in [0.15, 0.2) is 23.8 Å². The van der Waals surface area contributed by atoms with Crippen molar-refractivity contribution < 1.29 is 14.3 Å². The van der Waals surface area contributed by atoms with Gasteiger partial charge in [-0.2, -0.15) is 0 Å². The number of carbonyl (C=O) groups excluding carboxylic acids is 2. The van der Waals surface area contributed by atoms with Crippen molar-refractivity contribution in [1.82, 2.24) is 14.9 Å². The molecule has 0 aromatic carbocycles. The highest BCUT2D eigenvalue weighted by atomic mass is 35.5. The predicted molar refractivity (Wildman–Crippen MR) is 99.8 cm³/mol. The van der Waals surface area contributed by atoms with Gasteiger partial charge in [-0.15, -0.1) is 11.3 Å². The van der Waals surface area contributed by atoms with Gasteiger partial charge in [0, 0.05) is 24.3 Å². The molecule has 1 unspecified atom stereocenters. The number of halogens is 1. The van der Waals surface area contributed by atoms with Crippen LogP contribution in [-0.2, 0) is 4.79 Å². The first-order chi connectivity index (χ1) is 12.5. The molecule has 3 rings (SSSR count). The maximum atomic E-state index is 12.8. The van der Waals surface area contributed by atoms with Crippen LogP contribution in [0.3, 0.4) is 0 Å². The van der Waals surface area contributed by atoms with E-state index in [1.165, 1.54) is 23.6 Å². The molecule has 138 valence electrons. The molecule has 1 aliphatic heterocycles. The fourth-order valence-electron chi connectivity index (χ4n) is 2.77. The number of aromatic nitrogens is 2. The largest absolute Gasteiger partial charge is 0.474 e. The lowest BCUT2D eigenvalue weighted by molar-refractivity contribution is -0.119. The summed E-state index contributed by atoms with van der Waals surface area (Å²) in [5, 5.41) is 5.33. The van der Waals surface area contributed by atoms with Gasteiger partial charge in [0.2, 0.25) is 11.8 Å². The third-order valence-electron chi connectivity index (χ3n) is 3.88. The number of anilines is 1. The molecule has 0 saturated carbocycles. The van der Waals surface area contributed by atoms with E-state index in [9.17, 15) is 9.59 Å². The minimum atomic E-state index is -0.531. The third-order valence-corrected chi connectivity index (χ3v) is 4.84. The summed E-state index contributed by atoms with van der Waals surface area (Å²) in [6.45, 7) is 4.25. The summed E-state index contributed by atoms with van der Waals surface area (Å²) in [6, 6.07) is 1.000. The minimum absolute atomic E-state index is 0.0703. The third kappa shape index (κ3) is 4.13. The number of ether oxygens (including phenoxy) is 1. The van der Waals surface area contributed by atoms with E-state index >= 15 is 0 Å². The molecule has 26 heavy (non-hydrogen) atoms. The number of likely N-dealkylation sites (tertiary alicyclic amines) is 1. The Balaban J connectivity index is 1.73. The Labute approximate surface area is 160 Å². The topological polar surface area (TPSA) is 84.4 Å². The molecule has 2 aromatic heterocycles. The maximum absolute atomic E-state index is 12.8. The molecule has 1 N–H and O–H groups in total. The van der Waals surface area contributed by atoms with Crippen molar-refractivity contribution in [2.45, 2.75) is 38.8 Å². The van der Waals surface area contributed by atoms with Crippen LogP contribution in [0.4, 0.5) is 5.13 Å². The standard InChI is InChI=1S/C17H19ClN4O3S/c1-10(2)25-15-12(18)8-11(9-20-15)16(24)22-6-3-4-13(22)14(23)21-17-19-5-7-26-17/h5,7-10,13H,3-4,6H2,1-2H3,(H,19,21,23). The Bertz CT molecular complexity index is 797. The van der Waals surface area contributed by atoms with Gasteiger partial charge >= 0.3 is 0 Å². The smallest absolute Gasteiger partial charge is 0.256 e. The molecule has 2 amide bonds. The number of nitrogens with zero attached hydrogens (tertiary/aromatic N) is 3. The summed E-state index contributed by atoms with van der Waals surface area (Å²) in [5.41, 5.74) is 0.333. The van der Waals surface area contributed by atoms with Gasteiger partial charge in [-0.3, -0.25) is 9.59 Å². The monoisotopic (exact) mass is 394 g/mol. The number of pyridine rings is 1. The summed E-state index contributed by atoms with van der Waals surface area (Å²) < 4.78 is 5.49. The summed E-state index contributed by atoms with van der Waals surface area (Å²) in [4.78, 5) is 35.1. The molecule has 2 aromatic rings. The van der Waals surface area contributed by atoms with Crippen LogP contribution in [0, 0.1) is 0 Å². The van der Waals surface area contributed by atoms with Crippen molar-refractivity contribution in [3.05, 3.63) is 34.4 Å². The zero-order valence-electron chi connectivity index (χ0n) is 14.4. The van der Waals surface area contributed by atoms with E-state index in [0.29, 0.717) is 23.7 Å².